The van der Waals surface area contributed by atoms with Crippen LogP contribution in [0.3, 0.4) is 0 Å². The Labute approximate surface area is 135 Å². The van der Waals surface area contributed by atoms with Crippen molar-refractivity contribution in [3.63, 3.8) is 0 Å². The lowest BCUT2D eigenvalue weighted by molar-refractivity contribution is -0.115. The van der Waals surface area contributed by atoms with Crippen molar-refractivity contribution in [1.82, 2.24) is 0 Å². The first-order valence-corrected chi connectivity index (χ1v) is 7.85. The minimum absolute atomic E-state index is 0.0983. The van der Waals surface area contributed by atoms with E-state index >= 15 is 0 Å². The molecule has 3 aromatic rings. The van der Waals surface area contributed by atoms with Crippen molar-refractivity contribution in [3.8, 4) is 11.1 Å². The van der Waals surface area contributed by atoms with Crippen LogP contribution in [0.5, 0.6) is 0 Å². The molecule has 2 heteroatoms. The molecule has 23 heavy (non-hydrogen) atoms. The minimum atomic E-state index is 0.0983. The summed E-state index contributed by atoms with van der Waals surface area (Å²) in [6, 6.07) is 25.1. The van der Waals surface area contributed by atoms with Gasteiger partial charge in [-0.05, 0) is 40.3 Å². The predicted octanol–water partition coefficient (Wildman–Crippen LogP) is 4.44. The molecule has 0 aromatic heterocycles. The summed E-state index contributed by atoms with van der Waals surface area (Å²) >= 11 is 0. The summed E-state index contributed by atoms with van der Waals surface area (Å²) < 4.78 is 0. The van der Waals surface area contributed by atoms with Crippen molar-refractivity contribution in [2.75, 3.05) is 5.32 Å². The first kappa shape index (κ1) is 13.8. The lowest BCUT2D eigenvalue weighted by Gasteiger charge is -1.98. The number of para-hydroxylation sites is 1. The van der Waals surface area contributed by atoms with Crippen molar-refractivity contribution < 1.29 is 4.79 Å². The van der Waals surface area contributed by atoms with E-state index in [0.29, 0.717) is 6.42 Å². The van der Waals surface area contributed by atoms with E-state index in [1.807, 2.05) is 24.3 Å². The Morgan fingerprint density at radius 2 is 1.13 bits per heavy atom. The van der Waals surface area contributed by atoms with Gasteiger partial charge in [0.1, 0.15) is 0 Å². The zero-order valence-electron chi connectivity index (χ0n) is 12.8. The molecule has 1 heterocycles. The smallest absolute Gasteiger partial charge is 0.228 e. The van der Waals surface area contributed by atoms with Crippen molar-refractivity contribution in [2.24, 2.45) is 0 Å². The highest BCUT2D eigenvalue weighted by Crippen LogP contribution is 2.35. The number of hydrogen-bond acceptors (Lipinski definition) is 1. The third kappa shape index (κ3) is 2.64. The molecule has 3 aromatic carbocycles. The maximum atomic E-state index is 10.8. The molecule has 1 aliphatic heterocycles. The van der Waals surface area contributed by atoms with Crippen LogP contribution in [0.4, 0.5) is 5.69 Å². The maximum absolute atomic E-state index is 10.8. The summed E-state index contributed by atoms with van der Waals surface area (Å²) in [5.74, 6) is 0.0983. The average Bonchev–Trinajstić information content (AvgIpc) is 3.14. The van der Waals surface area contributed by atoms with Gasteiger partial charge in [0.05, 0.1) is 6.42 Å². The number of fused-ring (bicyclic) bond motifs is 4. The van der Waals surface area contributed by atoms with Gasteiger partial charge in [-0.15, -0.1) is 0 Å². The number of carbonyl (C=O) groups is 1. The molecular weight excluding hydrogens is 282 g/mol. The van der Waals surface area contributed by atoms with Crippen molar-refractivity contribution in [3.05, 3.63) is 89.5 Å². The van der Waals surface area contributed by atoms with E-state index < -0.39 is 0 Å². The summed E-state index contributed by atoms with van der Waals surface area (Å²) in [6.45, 7) is 0. The average molecular weight is 299 g/mol. The molecule has 2 aliphatic rings. The molecule has 0 fully saturated rings. The van der Waals surface area contributed by atoms with E-state index in [9.17, 15) is 4.79 Å². The Morgan fingerprint density at radius 3 is 1.74 bits per heavy atom. The zero-order valence-corrected chi connectivity index (χ0v) is 12.8. The number of amides is 1. The molecule has 2 nitrogen and oxygen atoms in total. The maximum Gasteiger partial charge on any atom is 0.228 e. The van der Waals surface area contributed by atoms with Gasteiger partial charge in [0.25, 0.3) is 0 Å². The van der Waals surface area contributed by atoms with Gasteiger partial charge in [-0.1, -0.05) is 66.7 Å². The standard InChI is InChI=1S/C13H10.C8H7NO/c1-3-7-12-10(5-1)9-11-6-2-4-8-13(11)12;10-8-5-6-3-1-2-4-7(6)9-8/h1-8H,9H2;1-4H,5H2,(H,9,10). The van der Waals surface area contributed by atoms with Crippen LogP contribution in [0.25, 0.3) is 11.1 Å². The normalized spacial score (nSPS) is 13.3. The van der Waals surface area contributed by atoms with Crippen LogP contribution in [0.15, 0.2) is 72.8 Å². The molecular formula is C21H17NO. The van der Waals surface area contributed by atoms with E-state index in [4.69, 9.17) is 0 Å². The van der Waals surface area contributed by atoms with Gasteiger partial charge in [-0.25, -0.2) is 0 Å². The van der Waals surface area contributed by atoms with Crippen LogP contribution < -0.4 is 5.32 Å². The summed E-state index contributed by atoms with van der Waals surface area (Å²) in [4.78, 5) is 10.8. The second kappa shape index (κ2) is 5.73. The largest absolute Gasteiger partial charge is 0.326 e. The summed E-state index contributed by atoms with van der Waals surface area (Å²) in [5, 5.41) is 2.76. The van der Waals surface area contributed by atoms with E-state index in [0.717, 1.165) is 17.7 Å². The quantitative estimate of drug-likeness (QED) is 0.511. The second-order valence-electron chi connectivity index (χ2n) is 5.87. The van der Waals surface area contributed by atoms with Crippen LogP contribution in [-0.2, 0) is 17.6 Å². The summed E-state index contributed by atoms with van der Waals surface area (Å²) in [6.07, 6.45) is 1.64. The van der Waals surface area contributed by atoms with Gasteiger partial charge in [0.2, 0.25) is 5.91 Å². The van der Waals surface area contributed by atoms with Gasteiger partial charge in [-0.3, -0.25) is 4.79 Å². The monoisotopic (exact) mass is 299 g/mol. The van der Waals surface area contributed by atoms with Crippen molar-refractivity contribution in [1.29, 1.82) is 0 Å². The van der Waals surface area contributed by atoms with Gasteiger partial charge in [0.15, 0.2) is 0 Å². The number of nitrogens with one attached hydrogen (secondary N) is 1. The highest BCUT2D eigenvalue weighted by molar-refractivity contribution is 5.98. The predicted molar refractivity (Wildman–Crippen MR) is 93.5 cm³/mol. The second-order valence-corrected chi connectivity index (χ2v) is 5.87. The van der Waals surface area contributed by atoms with Gasteiger partial charge < -0.3 is 5.32 Å². The first-order chi connectivity index (χ1) is 11.3. The summed E-state index contributed by atoms with van der Waals surface area (Å²) in [5.41, 5.74) is 7.82. The molecule has 0 radical (unpaired) electrons. The number of benzene rings is 3. The number of rotatable bonds is 0. The molecule has 1 aliphatic carbocycles. The fourth-order valence-corrected chi connectivity index (χ4v) is 3.24. The molecule has 0 spiro atoms. The lowest BCUT2D eigenvalue weighted by Crippen LogP contribution is -2.03. The molecule has 112 valence electrons. The van der Waals surface area contributed by atoms with E-state index in [1.54, 1.807) is 0 Å². The van der Waals surface area contributed by atoms with Crippen molar-refractivity contribution >= 4 is 11.6 Å². The Hall–Kier alpha value is -2.87. The van der Waals surface area contributed by atoms with Crippen LogP contribution in [0.1, 0.15) is 16.7 Å². The number of carbonyl (C=O) groups excluding carboxylic acids is 1. The van der Waals surface area contributed by atoms with Crippen LogP contribution >= 0.6 is 0 Å². The third-order valence-electron chi connectivity index (χ3n) is 4.35. The fourth-order valence-electron chi connectivity index (χ4n) is 3.24. The number of anilines is 1. The first-order valence-electron chi connectivity index (χ1n) is 7.85. The third-order valence-corrected chi connectivity index (χ3v) is 4.35. The zero-order chi connectivity index (χ0) is 15.6. The van der Waals surface area contributed by atoms with Crippen LogP contribution in [0, 0.1) is 0 Å². The molecule has 1 amide bonds. The topological polar surface area (TPSA) is 29.1 Å². The van der Waals surface area contributed by atoms with Crippen LogP contribution in [-0.4, -0.2) is 5.91 Å². The van der Waals surface area contributed by atoms with E-state index in [-0.39, 0.29) is 5.91 Å². The lowest BCUT2D eigenvalue weighted by atomic mass is 10.1. The molecule has 0 saturated heterocycles. The van der Waals surface area contributed by atoms with Crippen molar-refractivity contribution in [2.45, 2.75) is 12.8 Å². The number of hydrogen-bond donors (Lipinski definition) is 1. The fraction of sp³-hybridized carbons (Fsp3) is 0.0952. The van der Waals surface area contributed by atoms with Gasteiger partial charge in [0, 0.05) is 5.69 Å². The molecule has 5 rings (SSSR count). The van der Waals surface area contributed by atoms with Gasteiger partial charge in [-0.2, -0.15) is 0 Å². The minimum Gasteiger partial charge on any atom is -0.326 e. The molecule has 0 unspecified atom stereocenters. The molecule has 1 N–H and O–H groups in total. The van der Waals surface area contributed by atoms with E-state index in [2.05, 4.69) is 53.8 Å². The molecule has 0 bridgehead atoms. The van der Waals surface area contributed by atoms with Crippen LogP contribution in [0.2, 0.25) is 0 Å². The Balaban J connectivity index is 0.000000122. The van der Waals surface area contributed by atoms with Gasteiger partial charge >= 0.3 is 0 Å². The Morgan fingerprint density at radius 1 is 0.609 bits per heavy atom. The molecule has 0 atom stereocenters. The Kier molecular flexibility index (Phi) is 3.43. The summed E-state index contributed by atoms with van der Waals surface area (Å²) in [7, 11) is 0. The SMILES string of the molecule is O=C1Cc2ccccc2N1.c1ccc2c(c1)Cc1ccccc1-2. The highest BCUT2D eigenvalue weighted by atomic mass is 16.1. The van der Waals surface area contributed by atoms with E-state index in [1.165, 1.54) is 22.3 Å². The Bertz CT molecular complexity index is 812. The highest BCUT2D eigenvalue weighted by Gasteiger charge is 2.16. The molecule has 0 saturated carbocycles.